The van der Waals surface area contributed by atoms with Crippen LogP contribution in [0, 0.1) is 5.92 Å². The van der Waals surface area contributed by atoms with Crippen molar-refractivity contribution < 1.29 is 18.4 Å². The van der Waals surface area contributed by atoms with Gasteiger partial charge in [0, 0.05) is 19.2 Å². The van der Waals surface area contributed by atoms with Crippen molar-refractivity contribution in [3.8, 4) is 0 Å². The molecule has 1 fully saturated rings. The lowest BCUT2D eigenvalue weighted by Crippen LogP contribution is -2.37. The average molecular weight is 300 g/mol. The van der Waals surface area contributed by atoms with Crippen molar-refractivity contribution in [2.75, 3.05) is 5.32 Å². The summed E-state index contributed by atoms with van der Waals surface area (Å²) >= 11 is 0. The van der Waals surface area contributed by atoms with Crippen LogP contribution in [-0.4, -0.2) is 27.6 Å². The fourth-order valence-corrected chi connectivity index (χ4v) is 2.19. The van der Waals surface area contributed by atoms with E-state index in [9.17, 15) is 18.4 Å². The summed E-state index contributed by atoms with van der Waals surface area (Å²) in [6.45, 7) is 4.36. The molecule has 0 saturated carbocycles. The fourth-order valence-electron chi connectivity index (χ4n) is 2.19. The van der Waals surface area contributed by atoms with Crippen LogP contribution in [0.1, 0.15) is 38.8 Å². The summed E-state index contributed by atoms with van der Waals surface area (Å²) < 4.78 is 27.3. The Morgan fingerprint density at radius 2 is 2.29 bits per heavy atom. The predicted octanol–water partition coefficient (Wildman–Crippen LogP) is 1.69. The molecule has 0 bridgehead atoms. The SMILES string of the molecule is CC(C)Cn1cc(NC(=O)C2CCC(=O)N2)c(C(F)F)n1. The van der Waals surface area contributed by atoms with Crippen LogP contribution >= 0.6 is 0 Å². The van der Waals surface area contributed by atoms with Crippen LogP contribution in [-0.2, 0) is 16.1 Å². The normalized spacial score (nSPS) is 18.4. The number of halogens is 2. The van der Waals surface area contributed by atoms with Crippen molar-refractivity contribution in [3.63, 3.8) is 0 Å². The van der Waals surface area contributed by atoms with Crippen molar-refractivity contribution in [1.82, 2.24) is 15.1 Å². The fraction of sp³-hybridized carbons (Fsp3) is 0.615. The lowest BCUT2D eigenvalue weighted by Gasteiger charge is -2.10. The molecule has 2 N–H and O–H groups in total. The van der Waals surface area contributed by atoms with Gasteiger partial charge in [-0.25, -0.2) is 8.78 Å². The van der Waals surface area contributed by atoms with E-state index in [2.05, 4.69) is 15.7 Å². The molecule has 2 rings (SSSR count). The van der Waals surface area contributed by atoms with Gasteiger partial charge in [-0.05, 0) is 12.3 Å². The Morgan fingerprint density at radius 3 is 2.81 bits per heavy atom. The molecule has 21 heavy (non-hydrogen) atoms. The molecule has 0 aromatic carbocycles. The quantitative estimate of drug-likeness (QED) is 0.869. The number of rotatable bonds is 5. The van der Waals surface area contributed by atoms with Crippen LogP contribution in [0.15, 0.2) is 6.20 Å². The number of hydrogen-bond donors (Lipinski definition) is 2. The van der Waals surface area contributed by atoms with Crippen molar-refractivity contribution in [3.05, 3.63) is 11.9 Å². The maximum atomic E-state index is 13.0. The van der Waals surface area contributed by atoms with E-state index in [1.807, 2.05) is 13.8 Å². The van der Waals surface area contributed by atoms with E-state index in [1.165, 1.54) is 10.9 Å². The van der Waals surface area contributed by atoms with E-state index in [1.54, 1.807) is 0 Å². The third-order valence-corrected chi connectivity index (χ3v) is 3.12. The molecule has 6 nitrogen and oxygen atoms in total. The molecule has 0 radical (unpaired) electrons. The molecule has 116 valence electrons. The monoisotopic (exact) mass is 300 g/mol. The van der Waals surface area contributed by atoms with Crippen LogP contribution in [0.25, 0.3) is 0 Å². The molecule has 1 aliphatic rings. The van der Waals surface area contributed by atoms with Gasteiger partial charge in [-0.15, -0.1) is 0 Å². The zero-order valence-electron chi connectivity index (χ0n) is 11.9. The first kappa shape index (κ1) is 15.4. The van der Waals surface area contributed by atoms with Crippen LogP contribution in [0.4, 0.5) is 14.5 Å². The number of carbonyl (C=O) groups excluding carboxylic acids is 2. The van der Waals surface area contributed by atoms with E-state index in [4.69, 9.17) is 0 Å². The van der Waals surface area contributed by atoms with Crippen molar-refractivity contribution in [2.45, 2.75) is 45.7 Å². The largest absolute Gasteiger partial charge is 0.344 e. The first-order valence-corrected chi connectivity index (χ1v) is 6.82. The molecule has 0 aliphatic carbocycles. The summed E-state index contributed by atoms with van der Waals surface area (Å²) in [4.78, 5) is 23.0. The molecule has 0 spiro atoms. The summed E-state index contributed by atoms with van der Waals surface area (Å²) in [5, 5.41) is 8.74. The molecular weight excluding hydrogens is 282 g/mol. The number of hydrogen-bond acceptors (Lipinski definition) is 3. The minimum absolute atomic E-state index is 0.00296. The summed E-state index contributed by atoms with van der Waals surface area (Å²) in [5.41, 5.74) is -0.454. The highest BCUT2D eigenvalue weighted by Crippen LogP contribution is 2.26. The Morgan fingerprint density at radius 1 is 1.57 bits per heavy atom. The maximum absolute atomic E-state index is 13.0. The van der Waals surface area contributed by atoms with Gasteiger partial charge in [-0.2, -0.15) is 5.10 Å². The van der Waals surface area contributed by atoms with Gasteiger partial charge in [0.05, 0.1) is 5.69 Å². The molecule has 2 amide bonds. The summed E-state index contributed by atoms with van der Waals surface area (Å²) in [6.07, 6.45) is -0.732. The van der Waals surface area contributed by atoms with Gasteiger partial charge >= 0.3 is 0 Å². The van der Waals surface area contributed by atoms with Gasteiger partial charge in [-0.3, -0.25) is 14.3 Å². The van der Waals surface area contributed by atoms with E-state index in [0.29, 0.717) is 13.0 Å². The molecule has 1 aromatic heterocycles. The molecule has 1 aliphatic heterocycles. The highest BCUT2D eigenvalue weighted by molar-refractivity contribution is 5.99. The highest BCUT2D eigenvalue weighted by Gasteiger charge is 2.29. The molecule has 1 unspecified atom stereocenters. The topological polar surface area (TPSA) is 76.0 Å². The second kappa shape index (κ2) is 6.19. The standard InChI is InChI=1S/C13H18F2N4O2/c1-7(2)5-19-6-9(11(18-19)12(14)15)17-13(21)8-3-4-10(20)16-8/h6-8,12H,3-5H2,1-2H3,(H,16,20)(H,17,21). The number of aromatic nitrogens is 2. The molecular formula is C13H18F2N4O2. The third kappa shape index (κ3) is 3.77. The number of anilines is 1. The zero-order valence-corrected chi connectivity index (χ0v) is 11.9. The van der Waals surface area contributed by atoms with Gasteiger partial charge in [-0.1, -0.05) is 13.8 Å². The van der Waals surface area contributed by atoms with Crippen LogP contribution in [0.3, 0.4) is 0 Å². The zero-order chi connectivity index (χ0) is 15.6. The van der Waals surface area contributed by atoms with E-state index in [-0.39, 0.29) is 23.9 Å². The Labute approximate surface area is 120 Å². The second-order valence-electron chi connectivity index (χ2n) is 5.49. The van der Waals surface area contributed by atoms with Gasteiger partial charge < -0.3 is 10.6 Å². The smallest absolute Gasteiger partial charge is 0.284 e. The Hall–Kier alpha value is -1.99. The first-order valence-electron chi connectivity index (χ1n) is 6.82. The lowest BCUT2D eigenvalue weighted by atomic mass is 10.2. The van der Waals surface area contributed by atoms with Crippen LogP contribution in [0.5, 0.6) is 0 Å². The summed E-state index contributed by atoms with van der Waals surface area (Å²) in [7, 11) is 0. The van der Waals surface area contributed by atoms with Gasteiger partial charge in [0.1, 0.15) is 6.04 Å². The number of amides is 2. The average Bonchev–Trinajstić information content (AvgIpc) is 2.95. The van der Waals surface area contributed by atoms with Gasteiger partial charge in [0.15, 0.2) is 5.69 Å². The first-order chi connectivity index (χ1) is 9.86. The van der Waals surface area contributed by atoms with Gasteiger partial charge in [0.2, 0.25) is 11.8 Å². The Kier molecular flexibility index (Phi) is 4.54. The number of nitrogens with zero attached hydrogens (tertiary/aromatic N) is 2. The molecule has 1 atom stereocenters. The van der Waals surface area contributed by atoms with E-state index in [0.717, 1.165) is 0 Å². The lowest BCUT2D eigenvalue weighted by molar-refractivity contribution is -0.122. The second-order valence-corrected chi connectivity index (χ2v) is 5.49. The van der Waals surface area contributed by atoms with Crippen molar-refractivity contribution in [2.24, 2.45) is 5.92 Å². The van der Waals surface area contributed by atoms with Gasteiger partial charge in [0.25, 0.3) is 6.43 Å². The van der Waals surface area contributed by atoms with Crippen LogP contribution in [0.2, 0.25) is 0 Å². The molecule has 2 heterocycles. The summed E-state index contributed by atoms with van der Waals surface area (Å²) in [6, 6.07) is -0.670. The van der Waals surface area contributed by atoms with Crippen molar-refractivity contribution >= 4 is 17.5 Å². The highest BCUT2D eigenvalue weighted by atomic mass is 19.3. The number of carbonyl (C=O) groups is 2. The minimum Gasteiger partial charge on any atom is -0.344 e. The number of nitrogens with one attached hydrogen (secondary N) is 2. The predicted molar refractivity (Wildman–Crippen MR) is 71.8 cm³/mol. The molecule has 8 heteroatoms. The van der Waals surface area contributed by atoms with Crippen LogP contribution < -0.4 is 10.6 Å². The number of alkyl halides is 2. The minimum atomic E-state index is -2.77. The molecule has 1 aromatic rings. The maximum Gasteiger partial charge on any atom is 0.284 e. The van der Waals surface area contributed by atoms with E-state index < -0.39 is 24.1 Å². The Balaban J connectivity index is 2.12. The Bertz CT molecular complexity index is 542. The third-order valence-electron chi connectivity index (χ3n) is 3.12. The summed E-state index contributed by atoms with van der Waals surface area (Å²) in [5.74, 6) is -0.459. The van der Waals surface area contributed by atoms with E-state index >= 15 is 0 Å². The molecule has 1 saturated heterocycles. The van der Waals surface area contributed by atoms with Crippen molar-refractivity contribution in [1.29, 1.82) is 0 Å².